The Morgan fingerprint density at radius 2 is 2.33 bits per heavy atom. The van der Waals surface area contributed by atoms with Crippen molar-refractivity contribution in [2.45, 2.75) is 13.0 Å². The van der Waals surface area contributed by atoms with Crippen LogP contribution in [0.5, 0.6) is 0 Å². The first-order valence-electron chi connectivity index (χ1n) is 5.37. The highest BCUT2D eigenvalue weighted by molar-refractivity contribution is 7.13. The molecule has 1 atom stereocenters. The number of nitrogens with one attached hydrogen (secondary N) is 1. The summed E-state index contributed by atoms with van der Waals surface area (Å²) in [6.45, 7) is 2.64. The molecule has 1 aromatic rings. The number of amides is 1. The molecule has 0 aromatic carbocycles. The number of carbonyl (C=O) groups excluding carboxylic acids is 1. The van der Waals surface area contributed by atoms with E-state index < -0.39 is 12.0 Å². The van der Waals surface area contributed by atoms with Gasteiger partial charge in [-0.2, -0.15) is 0 Å². The largest absolute Gasteiger partial charge is 0.480 e. The molecule has 7 nitrogen and oxygen atoms in total. The third-order valence-electron chi connectivity index (χ3n) is 2.40. The third-order valence-corrected chi connectivity index (χ3v) is 3.22. The van der Waals surface area contributed by atoms with Crippen molar-refractivity contribution in [3.8, 4) is 0 Å². The second-order valence-electron chi connectivity index (χ2n) is 3.65. The fourth-order valence-electron chi connectivity index (χ4n) is 1.10. The molecule has 0 aliphatic heterocycles. The minimum Gasteiger partial charge on any atom is -0.480 e. The smallest absolute Gasteiger partial charge is 0.326 e. The molecule has 1 aromatic heterocycles. The van der Waals surface area contributed by atoms with Crippen LogP contribution in [0, 0.1) is 0 Å². The van der Waals surface area contributed by atoms with Crippen LogP contribution >= 0.6 is 11.3 Å². The Bertz CT molecular complexity index is 435. The zero-order valence-corrected chi connectivity index (χ0v) is 11.0. The number of nitrogens with zero attached hydrogens (tertiary/aromatic N) is 2. The average molecular weight is 272 g/mol. The molecular weight excluding hydrogens is 256 g/mol. The average Bonchev–Trinajstić information content (AvgIpc) is 2.82. The van der Waals surface area contributed by atoms with Gasteiger partial charge in [0.2, 0.25) is 5.91 Å². The highest BCUT2D eigenvalue weighted by atomic mass is 32.1. The van der Waals surface area contributed by atoms with Gasteiger partial charge in [0, 0.05) is 19.0 Å². The van der Waals surface area contributed by atoms with Gasteiger partial charge in [0.25, 0.3) is 0 Å². The molecule has 4 N–H and O–H groups in total. The van der Waals surface area contributed by atoms with Crippen molar-refractivity contribution in [2.75, 3.05) is 25.5 Å². The first kappa shape index (κ1) is 14.4. The van der Waals surface area contributed by atoms with Crippen LogP contribution in [-0.2, 0) is 9.59 Å². The van der Waals surface area contributed by atoms with Gasteiger partial charge in [0.15, 0.2) is 5.13 Å². The summed E-state index contributed by atoms with van der Waals surface area (Å²) in [6.07, 6.45) is 0. The molecule has 0 fully saturated rings. The zero-order valence-electron chi connectivity index (χ0n) is 10.2. The van der Waals surface area contributed by atoms with E-state index in [-0.39, 0.29) is 18.1 Å². The second kappa shape index (κ2) is 6.31. The van der Waals surface area contributed by atoms with Crippen LogP contribution in [0.25, 0.3) is 0 Å². The number of nitrogens with two attached hydrogens (primary N) is 1. The second-order valence-corrected chi connectivity index (χ2v) is 4.51. The molecule has 0 spiro atoms. The number of likely N-dealkylation sites (N-methyl/N-ethyl adjacent to an activating group) is 1. The maximum atomic E-state index is 11.5. The molecule has 0 bridgehead atoms. The number of thiazole rings is 1. The van der Waals surface area contributed by atoms with E-state index in [1.54, 1.807) is 17.3 Å². The summed E-state index contributed by atoms with van der Waals surface area (Å²) in [5.41, 5.74) is 5.70. The van der Waals surface area contributed by atoms with Gasteiger partial charge in [0.05, 0.1) is 12.2 Å². The number of carboxylic acid groups (broad SMARTS) is 1. The number of carbonyl (C=O) groups is 2. The van der Waals surface area contributed by atoms with Crippen LogP contribution in [0.4, 0.5) is 5.13 Å². The molecule has 0 aliphatic carbocycles. The molecule has 1 amide bonds. The van der Waals surface area contributed by atoms with Crippen molar-refractivity contribution in [1.29, 1.82) is 0 Å². The Kier molecular flexibility index (Phi) is 5.05. The van der Waals surface area contributed by atoms with E-state index in [4.69, 9.17) is 10.8 Å². The topological polar surface area (TPSA) is 109 Å². The van der Waals surface area contributed by atoms with E-state index in [0.29, 0.717) is 11.7 Å². The molecule has 0 saturated heterocycles. The van der Waals surface area contributed by atoms with Gasteiger partial charge in [-0.3, -0.25) is 9.59 Å². The minimum absolute atomic E-state index is 0.0585. The molecule has 0 radical (unpaired) electrons. The van der Waals surface area contributed by atoms with E-state index in [2.05, 4.69) is 10.3 Å². The lowest BCUT2D eigenvalue weighted by molar-refractivity contribution is -0.138. The summed E-state index contributed by atoms with van der Waals surface area (Å²) in [4.78, 5) is 27.8. The molecule has 100 valence electrons. The van der Waals surface area contributed by atoms with Crippen molar-refractivity contribution >= 4 is 28.3 Å². The number of rotatable bonds is 6. The Morgan fingerprint density at radius 3 is 2.89 bits per heavy atom. The van der Waals surface area contributed by atoms with Crippen molar-refractivity contribution < 1.29 is 14.7 Å². The van der Waals surface area contributed by atoms with E-state index in [1.807, 2.05) is 6.92 Å². The van der Waals surface area contributed by atoms with Crippen molar-refractivity contribution in [3.63, 3.8) is 0 Å². The van der Waals surface area contributed by atoms with Gasteiger partial charge in [-0.15, -0.1) is 11.3 Å². The quantitative estimate of drug-likeness (QED) is 0.678. The highest BCUT2D eigenvalue weighted by Gasteiger charge is 2.17. The third kappa shape index (κ3) is 3.67. The number of aliphatic carboxylic acids is 1. The van der Waals surface area contributed by atoms with Crippen LogP contribution in [-0.4, -0.2) is 47.0 Å². The summed E-state index contributed by atoms with van der Waals surface area (Å²) in [6, 6.07) is -1.13. The Hall–Kier alpha value is -1.67. The van der Waals surface area contributed by atoms with Gasteiger partial charge in [-0.05, 0) is 6.92 Å². The number of aromatic nitrogens is 1. The summed E-state index contributed by atoms with van der Waals surface area (Å²) in [5.74, 6) is -1.19. The van der Waals surface area contributed by atoms with E-state index in [9.17, 15) is 9.59 Å². The summed E-state index contributed by atoms with van der Waals surface area (Å²) in [5, 5.41) is 13.6. The van der Waals surface area contributed by atoms with E-state index in [0.717, 1.165) is 0 Å². The zero-order chi connectivity index (χ0) is 13.7. The Balaban J connectivity index is 2.55. The molecule has 1 unspecified atom stereocenters. The number of carboxylic acids is 1. The van der Waals surface area contributed by atoms with Crippen LogP contribution in [0.1, 0.15) is 18.7 Å². The SMILES string of the molecule is CCN(C)C(=O)CNc1nc(C(N)C(=O)O)cs1. The molecule has 0 saturated carbocycles. The maximum absolute atomic E-state index is 11.5. The lowest BCUT2D eigenvalue weighted by Crippen LogP contribution is -2.31. The van der Waals surface area contributed by atoms with Gasteiger partial charge in [-0.25, -0.2) is 4.98 Å². The standard InChI is InChI=1S/C10H16N4O3S/c1-3-14(2)7(15)4-12-10-13-6(5-18-10)8(11)9(16)17/h5,8H,3-4,11H2,1-2H3,(H,12,13)(H,16,17). The summed E-state index contributed by atoms with van der Waals surface area (Å²) >= 11 is 1.22. The lowest BCUT2D eigenvalue weighted by Gasteiger charge is -2.14. The van der Waals surface area contributed by atoms with Crippen LogP contribution in [0.2, 0.25) is 0 Å². The fourth-order valence-corrected chi connectivity index (χ4v) is 1.84. The fraction of sp³-hybridized carbons (Fsp3) is 0.500. The molecule has 1 heterocycles. The Morgan fingerprint density at radius 1 is 1.67 bits per heavy atom. The number of anilines is 1. The number of hydrogen-bond acceptors (Lipinski definition) is 6. The maximum Gasteiger partial charge on any atom is 0.326 e. The van der Waals surface area contributed by atoms with Gasteiger partial charge in [-0.1, -0.05) is 0 Å². The van der Waals surface area contributed by atoms with Crippen molar-refractivity contribution in [3.05, 3.63) is 11.1 Å². The minimum atomic E-state index is -1.13. The van der Waals surface area contributed by atoms with Crippen LogP contribution in [0.15, 0.2) is 5.38 Å². The Labute approximate surface area is 109 Å². The van der Waals surface area contributed by atoms with Gasteiger partial charge in [0.1, 0.15) is 6.04 Å². The van der Waals surface area contributed by atoms with E-state index >= 15 is 0 Å². The first-order chi connectivity index (χ1) is 8.45. The first-order valence-corrected chi connectivity index (χ1v) is 6.25. The van der Waals surface area contributed by atoms with Gasteiger partial charge >= 0.3 is 5.97 Å². The molecule has 1 rings (SSSR count). The summed E-state index contributed by atoms with van der Waals surface area (Å²) in [7, 11) is 1.71. The normalized spacial score (nSPS) is 11.9. The van der Waals surface area contributed by atoms with Crippen LogP contribution < -0.4 is 11.1 Å². The highest BCUT2D eigenvalue weighted by Crippen LogP contribution is 2.19. The van der Waals surface area contributed by atoms with Crippen LogP contribution in [0.3, 0.4) is 0 Å². The monoisotopic (exact) mass is 272 g/mol. The van der Waals surface area contributed by atoms with Gasteiger partial charge < -0.3 is 21.1 Å². The summed E-state index contributed by atoms with van der Waals surface area (Å²) < 4.78 is 0. The predicted octanol–water partition coefficient (Wildman–Crippen LogP) is 0.118. The van der Waals surface area contributed by atoms with E-state index in [1.165, 1.54) is 11.3 Å². The molecule has 18 heavy (non-hydrogen) atoms. The lowest BCUT2D eigenvalue weighted by atomic mass is 10.2. The number of hydrogen-bond donors (Lipinski definition) is 3. The van der Waals surface area contributed by atoms with Crippen molar-refractivity contribution in [1.82, 2.24) is 9.88 Å². The molecular formula is C10H16N4O3S. The predicted molar refractivity (Wildman–Crippen MR) is 68.5 cm³/mol. The van der Waals surface area contributed by atoms with Crippen molar-refractivity contribution in [2.24, 2.45) is 5.73 Å². The molecule has 8 heteroatoms. The molecule has 0 aliphatic rings.